The quantitative estimate of drug-likeness (QED) is 0.443. The van der Waals surface area contributed by atoms with Gasteiger partial charge in [0.05, 0.1) is 11.2 Å². The van der Waals surface area contributed by atoms with E-state index in [9.17, 15) is 13.2 Å². The smallest absolute Gasteiger partial charge is 0.325 e. The number of nitrogens with one attached hydrogen (secondary N) is 2. The van der Waals surface area contributed by atoms with Gasteiger partial charge in [-0.25, -0.2) is 9.97 Å². The van der Waals surface area contributed by atoms with Gasteiger partial charge in [0.1, 0.15) is 23.5 Å². The molecule has 31 heavy (non-hydrogen) atoms. The van der Waals surface area contributed by atoms with Gasteiger partial charge in [0.2, 0.25) is 0 Å². The van der Waals surface area contributed by atoms with Crippen molar-refractivity contribution in [1.82, 2.24) is 30.4 Å². The molecule has 0 radical (unpaired) electrons. The van der Waals surface area contributed by atoms with Crippen molar-refractivity contribution in [3.63, 3.8) is 0 Å². The molecular weight excluding hydrogens is 407 g/mol. The predicted molar refractivity (Wildman–Crippen MR) is 108 cm³/mol. The fraction of sp³-hybridized carbons (Fsp3) is 0.333. The van der Waals surface area contributed by atoms with E-state index in [1.165, 1.54) is 12.7 Å². The van der Waals surface area contributed by atoms with Crippen molar-refractivity contribution in [3.05, 3.63) is 59.4 Å². The molecule has 1 saturated carbocycles. The van der Waals surface area contributed by atoms with Crippen molar-refractivity contribution in [1.29, 1.82) is 0 Å². The lowest BCUT2D eigenvalue weighted by Crippen LogP contribution is -2.22. The molecule has 3 heterocycles. The number of pyridine rings is 1. The minimum absolute atomic E-state index is 0.0495. The average molecular weight is 427 g/mol. The second kappa shape index (κ2) is 7.45. The van der Waals surface area contributed by atoms with E-state index in [-0.39, 0.29) is 18.2 Å². The highest BCUT2D eigenvalue weighted by Gasteiger charge is 2.34. The molecule has 0 saturated heterocycles. The van der Waals surface area contributed by atoms with E-state index in [4.69, 9.17) is 5.73 Å². The first kappa shape index (κ1) is 19.7. The first-order valence-electron chi connectivity index (χ1n) is 10.1. The summed E-state index contributed by atoms with van der Waals surface area (Å²) in [6.07, 6.45) is 0.291. The summed E-state index contributed by atoms with van der Waals surface area (Å²) in [6.45, 7) is -0.128. The van der Waals surface area contributed by atoms with Crippen LogP contribution in [0.15, 0.2) is 36.7 Å². The van der Waals surface area contributed by atoms with E-state index >= 15 is 0 Å². The standard InChI is InChI=1S/C21H20F3N7/c22-21(23,24)16-8-14-18(29-30-19(14)15(9-25)28-16)13-6-2-5-12(7-13)17(11-3-1-4-11)20-26-10-27-31-20/h2,5-8,10-11,17H,1,3-4,9,25H2,(H,29,30)(H,26,27,31). The molecule has 0 bridgehead atoms. The van der Waals surface area contributed by atoms with E-state index in [1.807, 2.05) is 24.3 Å². The molecule has 10 heteroatoms. The van der Waals surface area contributed by atoms with Crippen LogP contribution in [0.1, 0.15) is 48.0 Å². The Balaban J connectivity index is 1.63. The third-order valence-electron chi connectivity index (χ3n) is 5.98. The fourth-order valence-electron chi connectivity index (χ4n) is 4.27. The lowest BCUT2D eigenvalue weighted by molar-refractivity contribution is -0.141. The molecule has 0 aliphatic heterocycles. The highest BCUT2D eigenvalue weighted by molar-refractivity contribution is 5.94. The zero-order valence-electron chi connectivity index (χ0n) is 16.4. The lowest BCUT2D eigenvalue weighted by atomic mass is 9.72. The van der Waals surface area contributed by atoms with E-state index in [1.54, 1.807) is 0 Å². The summed E-state index contributed by atoms with van der Waals surface area (Å²) in [5, 5.41) is 14.5. The molecule has 160 valence electrons. The third kappa shape index (κ3) is 3.46. The van der Waals surface area contributed by atoms with Crippen LogP contribution in [0.5, 0.6) is 0 Å². The Labute approximate surface area is 175 Å². The largest absolute Gasteiger partial charge is 0.433 e. The van der Waals surface area contributed by atoms with E-state index in [0.29, 0.717) is 22.5 Å². The van der Waals surface area contributed by atoms with Crippen LogP contribution in [0.3, 0.4) is 0 Å². The van der Waals surface area contributed by atoms with Gasteiger partial charge in [0.15, 0.2) is 0 Å². The molecule has 4 N–H and O–H groups in total. The molecule has 5 rings (SSSR count). The molecule has 1 aliphatic rings. The molecule has 3 aromatic heterocycles. The molecule has 1 aliphatic carbocycles. The Bertz CT molecular complexity index is 1210. The van der Waals surface area contributed by atoms with Crippen LogP contribution in [0, 0.1) is 5.92 Å². The van der Waals surface area contributed by atoms with Gasteiger partial charge in [-0.05, 0) is 36.5 Å². The first-order valence-corrected chi connectivity index (χ1v) is 10.1. The van der Waals surface area contributed by atoms with Crippen molar-refractivity contribution >= 4 is 10.9 Å². The summed E-state index contributed by atoms with van der Waals surface area (Å²) in [5.41, 5.74) is 7.41. The molecule has 1 atom stereocenters. The molecule has 1 fully saturated rings. The van der Waals surface area contributed by atoms with Crippen molar-refractivity contribution in [2.75, 3.05) is 0 Å². The van der Waals surface area contributed by atoms with Crippen LogP contribution in [0.4, 0.5) is 13.2 Å². The van der Waals surface area contributed by atoms with Crippen LogP contribution >= 0.6 is 0 Å². The van der Waals surface area contributed by atoms with Gasteiger partial charge in [-0.15, -0.1) is 0 Å². The average Bonchev–Trinajstić information content (AvgIpc) is 3.39. The molecule has 4 aromatic rings. The second-order valence-electron chi connectivity index (χ2n) is 7.82. The van der Waals surface area contributed by atoms with Crippen molar-refractivity contribution in [3.8, 4) is 11.3 Å². The number of benzene rings is 1. The van der Waals surface area contributed by atoms with Gasteiger partial charge < -0.3 is 5.73 Å². The molecule has 1 aromatic carbocycles. The van der Waals surface area contributed by atoms with Gasteiger partial charge in [-0.2, -0.15) is 23.4 Å². The first-order chi connectivity index (χ1) is 15.0. The monoisotopic (exact) mass is 427 g/mol. The summed E-state index contributed by atoms with van der Waals surface area (Å²) >= 11 is 0. The van der Waals surface area contributed by atoms with Gasteiger partial charge >= 0.3 is 6.18 Å². The number of nitrogens with two attached hydrogens (primary N) is 1. The van der Waals surface area contributed by atoms with Gasteiger partial charge in [0.25, 0.3) is 0 Å². The second-order valence-corrected chi connectivity index (χ2v) is 7.82. The van der Waals surface area contributed by atoms with Gasteiger partial charge in [-0.3, -0.25) is 10.2 Å². The zero-order valence-corrected chi connectivity index (χ0v) is 16.4. The Hall–Kier alpha value is -3.27. The van der Waals surface area contributed by atoms with Crippen LogP contribution in [-0.2, 0) is 12.7 Å². The number of aromatic nitrogens is 6. The number of alkyl halides is 3. The van der Waals surface area contributed by atoms with Crippen LogP contribution in [0.2, 0.25) is 0 Å². The molecule has 1 unspecified atom stereocenters. The number of nitrogens with zero attached hydrogens (tertiary/aromatic N) is 4. The summed E-state index contributed by atoms with van der Waals surface area (Å²) in [7, 11) is 0. The maximum absolute atomic E-state index is 13.4. The number of aromatic amines is 2. The zero-order chi connectivity index (χ0) is 21.6. The summed E-state index contributed by atoms with van der Waals surface area (Å²) in [5.74, 6) is 1.29. The number of rotatable bonds is 5. The summed E-state index contributed by atoms with van der Waals surface area (Å²) in [4.78, 5) is 8.04. The van der Waals surface area contributed by atoms with Crippen LogP contribution in [-0.4, -0.2) is 30.4 Å². The molecular formula is C21H20F3N7. The number of fused-ring (bicyclic) bond motifs is 1. The van der Waals surface area contributed by atoms with E-state index < -0.39 is 11.9 Å². The number of hydrogen-bond donors (Lipinski definition) is 3. The Kier molecular flexibility index (Phi) is 4.73. The Morgan fingerprint density at radius 2 is 2.00 bits per heavy atom. The third-order valence-corrected chi connectivity index (χ3v) is 5.98. The topological polar surface area (TPSA) is 109 Å². The Morgan fingerprint density at radius 3 is 2.65 bits per heavy atom. The fourth-order valence-corrected chi connectivity index (χ4v) is 4.27. The maximum atomic E-state index is 13.4. The van der Waals surface area contributed by atoms with Crippen molar-refractivity contribution in [2.24, 2.45) is 11.7 Å². The lowest BCUT2D eigenvalue weighted by Gasteiger charge is -2.33. The summed E-state index contributed by atoms with van der Waals surface area (Å²) < 4.78 is 40.2. The molecule has 0 spiro atoms. The van der Waals surface area contributed by atoms with Crippen molar-refractivity contribution < 1.29 is 13.2 Å². The van der Waals surface area contributed by atoms with E-state index in [0.717, 1.165) is 35.9 Å². The van der Waals surface area contributed by atoms with Crippen LogP contribution in [0.25, 0.3) is 22.2 Å². The molecule has 7 nitrogen and oxygen atoms in total. The van der Waals surface area contributed by atoms with E-state index in [2.05, 4.69) is 30.4 Å². The Morgan fingerprint density at radius 1 is 1.16 bits per heavy atom. The minimum Gasteiger partial charge on any atom is -0.325 e. The van der Waals surface area contributed by atoms with Gasteiger partial charge in [-0.1, -0.05) is 24.6 Å². The minimum atomic E-state index is -4.57. The van der Waals surface area contributed by atoms with Crippen molar-refractivity contribution in [2.45, 2.75) is 37.9 Å². The number of halogens is 3. The predicted octanol–water partition coefficient (Wildman–Crippen LogP) is 4.15. The number of hydrogen-bond acceptors (Lipinski definition) is 5. The van der Waals surface area contributed by atoms with Gasteiger partial charge in [0, 0.05) is 23.4 Å². The SMILES string of the molecule is NCc1nc(C(F)(F)F)cc2c(-c3cccc(C(c4ncn[nH]4)C4CCC4)c3)n[nH]c12. The maximum Gasteiger partial charge on any atom is 0.433 e. The normalized spacial score (nSPS) is 15.9. The molecule has 0 amide bonds. The highest BCUT2D eigenvalue weighted by Crippen LogP contribution is 2.43. The highest BCUT2D eigenvalue weighted by atomic mass is 19.4. The van der Waals surface area contributed by atoms with Crippen LogP contribution < -0.4 is 5.73 Å². The number of H-pyrrole nitrogens is 2. The summed E-state index contributed by atoms with van der Waals surface area (Å²) in [6, 6.07) is 8.74.